The third-order valence-electron chi connectivity index (χ3n) is 2.97. The highest BCUT2D eigenvalue weighted by Gasteiger charge is 2.10. The molecule has 1 aromatic carbocycles. The van der Waals surface area contributed by atoms with Crippen LogP contribution in [0.25, 0.3) is 0 Å². The monoisotopic (exact) mass is 301 g/mol. The van der Waals surface area contributed by atoms with Crippen molar-refractivity contribution in [3.63, 3.8) is 0 Å². The van der Waals surface area contributed by atoms with Crippen LogP contribution >= 0.6 is 11.6 Å². The highest BCUT2D eigenvalue weighted by molar-refractivity contribution is 6.29. The Balaban J connectivity index is 2.23. The van der Waals surface area contributed by atoms with Crippen molar-refractivity contribution in [3.8, 4) is 6.07 Å². The summed E-state index contributed by atoms with van der Waals surface area (Å²) < 4.78 is 0. The van der Waals surface area contributed by atoms with Gasteiger partial charge in [-0.2, -0.15) is 10.2 Å². The summed E-state index contributed by atoms with van der Waals surface area (Å²) >= 11 is 5.94. The molecule has 0 amide bonds. The van der Waals surface area contributed by atoms with E-state index >= 15 is 0 Å². The van der Waals surface area contributed by atoms with Gasteiger partial charge in [-0.25, -0.2) is 4.98 Å². The summed E-state index contributed by atoms with van der Waals surface area (Å²) in [6.07, 6.45) is 0.970. The Hall–Kier alpha value is -2.32. The van der Waals surface area contributed by atoms with E-state index in [1.807, 2.05) is 12.1 Å². The summed E-state index contributed by atoms with van der Waals surface area (Å²) in [5, 5.41) is 9.16. The molecule has 0 spiro atoms. The van der Waals surface area contributed by atoms with Gasteiger partial charge in [0.2, 0.25) is 5.95 Å². The number of halogens is 1. The van der Waals surface area contributed by atoms with Crippen LogP contribution < -0.4 is 10.6 Å². The van der Waals surface area contributed by atoms with Crippen LogP contribution in [0.4, 0.5) is 11.8 Å². The standard InChI is InChI=1S/C15H16ClN5/c1-2-7-21(14-8-13(16)19-15(18)20-14)10-12-5-3-11(9-17)4-6-12/h3-6,8H,2,7,10H2,1H3,(H2,18,19,20). The molecule has 0 aliphatic heterocycles. The fourth-order valence-corrected chi connectivity index (χ4v) is 2.22. The molecule has 0 saturated carbocycles. The Kier molecular flexibility index (Phi) is 4.96. The third-order valence-corrected chi connectivity index (χ3v) is 3.17. The van der Waals surface area contributed by atoms with Gasteiger partial charge in [0.25, 0.3) is 0 Å². The number of benzene rings is 1. The quantitative estimate of drug-likeness (QED) is 0.859. The maximum atomic E-state index is 8.83. The second-order valence-electron chi connectivity index (χ2n) is 4.64. The first-order valence-corrected chi connectivity index (χ1v) is 7.04. The first kappa shape index (κ1) is 15.1. The van der Waals surface area contributed by atoms with Gasteiger partial charge in [0.05, 0.1) is 11.6 Å². The largest absolute Gasteiger partial charge is 0.368 e. The molecule has 0 bridgehead atoms. The number of nitrogens with zero attached hydrogens (tertiary/aromatic N) is 4. The number of nitrogens with two attached hydrogens (primary N) is 1. The topological polar surface area (TPSA) is 78.8 Å². The Labute approximate surface area is 129 Å². The maximum absolute atomic E-state index is 8.83. The second-order valence-corrected chi connectivity index (χ2v) is 5.02. The van der Waals surface area contributed by atoms with E-state index in [1.165, 1.54) is 0 Å². The van der Waals surface area contributed by atoms with E-state index in [-0.39, 0.29) is 5.95 Å². The van der Waals surface area contributed by atoms with Gasteiger partial charge in [0.15, 0.2) is 0 Å². The summed E-state index contributed by atoms with van der Waals surface area (Å²) in [6, 6.07) is 11.3. The zero-order chi connectivity index (χ0) is 15.2. The lowest BCUT2D eigenvalue weighted by Gasteiger charge is -2.23. The number of hydrogen-bond acceptors (Lipinski definition) is 5. The van der Waals surface area contributed by atoms with Gasteiger partial charge in [-0.3, -0.25) is 0 Å². The molecule has 21 heavy (non-hydrogen) atoms. The number of nitriles is 1. The van der Waals surface area contributed by atoms with Gasteiger partial charge in [0, 0.05) is 19.2 Å². The molecule has 0 aliphatic carbocycles. The van der Waals surface area contributed by atoms with Gasteiger partial charge in [-0.1, -0.05) is 30.7 Å². The molecule has 0 radical (unpaired) electrons. The van der Waals surface area contributed by atoms with Gasteiger partial charge in [-0.05, 0) is 24.1 Å². The van der Waals surface area contributed by atoms with Gasteiger partial charge in [0.1, 0.15) is 11.0 Å². The lowest BCUT2D eigenvalue weighted by molar-refractivity contribution is 0.753. The first-order valence-electron chi connectivity index (χ1n) is 6.66. The average molecular weight is 302 g/mol. The molecule has 5 nitrogen and oxygen atoms in total. The molecule has 0 aliphatic rings. The maximum Gasteiger partial charge on any atom is 0.223 e. The fraction of sp³-hybridized carbons (Fsp3) is 0.267. The highest BCUT2D eigenvalue weighted by atomic mass is 35.5. The normalized spacial score (nSPS) is 10.1. The molecule has 0 saturated heterocycles. The third kappa shape index (κ3) is 4.07. The lowest BCUT2D eigenvalue weighted by Crippen LogP contribution is -2.25. The number of hydrogen-bond donors (Lipinski definition) is 1. The molecule has 108 valence electrons. The van der Waals surface area contributed by atoms with Gasteiger partial charge < -0.3 is 10.6 Å². The number of rotatable bonds is 5. The number of nitrogen functional groups attached to an aromatic ring is 1. The summed E-state index contributed by atoms with van der Waals surface area (Å²) in [6.45, 7) is 3.59. The van der Waals surface area contributed by atoms with Crippen LogP contribution in [-0.4, -0.2) is 16.5 Å². The van der Waals surface area contributed by atoms with Crippen LogP contribution in [-0.2, 0) is 6.54 Å². The fourth-order valence-electron chi connectivity index (χ4n) is 2.03. The highest BCUT2D eigenvalue weighted by Crippen LogP contribution is 2.20. The molecule has 2 N–H and O–H groups in total. The molecule has 0 unspecified atom stereocenters. The molecule has 0 atom stereocenters. The first-order chi connectivity index (χ1) is 10.1. The molecule has 2 rings (SSSR count). The predicted molar refractivity (Wildman–Crippen MR) is 84.0 cm³/mol. The molecule has 1 heterocycles. The van der Waals surface area contributed by atoms with E-state index in [4.69, 9.17) is 22.6 Å². The van der Waals surface area contributed by atoms with Gasteiger partial charge >= 0.3 is 0 Å². The van der Waals surface area contributed by atoms with Crippen molar-refractivity contribution in [1.82, 2.24) is 9.97 Å². The summed E-state index contributed by atoms with van der Waals surface area (Å²) in [5.41, 5.74) is 7.40. The smallest absolute Gasteiger partial charge is 0.223 e. The minimum absolute atomic E-state index is 0.165. The van der Waals surface area contributed by atoms with Gasteiger partial charge in [-0.15, -0.1) is 0 Å². The summed E-state index contributed by atoms with van der Waals surface area (Å²) in [4.78, 5) is 10.2. The van der Waals surface area contributed by atoms with Crippen molar-refractivity contribution < 1.29 is 0 Å². The van der Waals surface area contributed by atoms with Crippen molar-refractivity contribution >= 4 is 23.4 Å². The molecular formula is C15H16ClN5. The van der Waals surface area contributed by atoms with Crippen LogP contribution in [0.15, 0.2) is 30.3 Å². The Morgan fingerprint density at radius 3 is 2.57 bits per heavy atom. The molecule has 0 fully saturated rings. The van der Waals surface area contributed by atoms with Crippen molar-refractivity contribution in [2.45, 2.75) is 19.9 Å². The van der Waals surface area contributed by atoms with E-state index in [9.17, 15) is 0 Å². The number of aromatic nitrogens is 2. The molecule has 1 aromatic heterocycles. The molecule has 2 aromatic rings. The van der Waals surface area contributed by atoms with Crippen LogP contribution in [0.5, 0.6) is 0 Å². The molecular weight excluding hydrogens is 286 g/mol. The summed E-state index contributed by atoms with van der Waals surface area (Å²) in [5.74, 6) is 0.872. The van der Waals surface area contributed by atoms with Crippen LogP contribution in [0, 0.1) is 11.3 Å². The minimum Gasteiger partial charge on any atom is -0.368 e. The van der Waals surface area contributed by atoms with Crippen LogP contribution in [0.1, 0.15) is 24.5 Å². The predicted octanol–water partition coefficient (Wildman–Crippen LogP) is 3.00. The zero-order valence-corrected chi connectivity index (χ0v) is 12.5. The Bertz CT molecular complexity index is 628. The summed E-state index contributed by atoms with van der Waals surface area (Å²) in [7, 11) is 0. The lowest BCUT2D eigenvalue weighted by atomic mass is 10.1. The van der Waals surface area contributed by atoms with E-state index in [0.717, 1.165) is 18.5 Å². The number of anilines is 2. The van der Waals surface area contributed by atoms with E-state index in [0.29, 0.717) is 23.1 Å². The minimum atomic E-state index is 0.165. The van der Waals surface area contributed by atoms with E-state index < -0.39 is 0 Å². The van der Waals surface area contributed by atoms with Crippen molar-refractivity contribution in [3.05, 3.63) is 46.6 Å². The van der Waals surface area contributed by atoms with Crippen LogP contribution in [0.2, 0.25) is 5.15 Å². The molecule has 6 heteroatoms. The van der Waals surface area contributed by atoms with Crippen molar-refractivity contribution in [1.29, 1.82) is 5.26 Å². The second kappa shape index (κ2) is 6.91. The van der Waals surface area contributed by atoms with Crippen molar-refractivity contribution in [2.75, 3.05) is 17.2 Å². The van der Waals surface area contributed by atoms with Crippen molar-refractivity contribution in [2.24, 2.45) is 0 Å². The SMILES string of the molecule is CCCN(Cc1ccc(C#N)cc1)c1cc(Cl)nc(N)n1. The van der Waals surface area contributed by atoms with E-state index in [1.54, 1.807) is 18.2 Å². The van der Waals surface area contributed by atoms with Crippen LogP contribution in [0.3, 0.4) is 0 Å². The Morgan fingerprint density at radius 2 is 2.00 bits per heavy atom. The zero-order valence-electron chi connectivity index (χ0n) is 11.8. The Morgan fingerprint density at radius 1 is 1.29 bits per heavy atom. The average Bonchev–Trinajstić information content (AvgIpc) is 2.46. The van der Waals surface area contributed by atoms with E-state index in [2.05, 4.69) is 27.9 Å².